The van der Waals surface area contributed by atoms with Gasteiger partial charge in [-0.3, -0.25) is 4.79 Å². The summed E-state index contributed by atoms with van der Waals surface area (Å²) < 4.78 is 5.14. The average Bonchev–Trinajstić information content (AvgIpc) is 3.04. The lowest BCUT2D eigenvalue weighted by molar-refractivity contribution is -0.120. The van der Waals surface area contributed by atoms with E-state index >= 15 is 0 Å². The first-order valence-corrected chi connectivity index (χ1v) is 8.62. The number of carbonyl (C=O) groups excluding carboxylic acids is 1. The molecular formula is C22H20N2O2. The van der Waals surface area contributed by atoms with Crippen LogP contribution >= 0.6 is 0 Å². The number of rotatable bonds is 5. The van der Waals surface area contributed by atoms with Crippen LogP contribution in [0.2, 0.25) is 0 Å². The van der Waals surface area contributed by atoms with Gasteiger partial charge in [0, 0.05) is 28.4 Å². The van der Waals surface area contributed by atoms with Crippen LogP contribution in [0.4, 0.5) is 0 Å². The minimum absolute atomic E-state index is 0.0104. The third-order valence-electron chi connectivity index (χ3n) is 4.58. The molecule has 1 heterocycles. The first-order valence-electron chi connectivity index (χ1n) is 8.62. The molecule has 0 aliphatic heterocycles. The second-order valence-electron chi connectivity index (χ2n) is 6.35. The van der Waals surface area contributed by atoms with Crippen LogP contribution in [0.1, 0.15) is 11.1 Å². The number of ether oxygens (including phenoxy) is 1. The summed E-state index contributed by atoms with van der Waals surface area (Å²) in [7, 11) is 1.64. The maximum Gasteiger partial charge on any atom is 0.224 e. The van der Waals surface area contributed by atoms with Gasteiger partial charge in [0.1, 0.15) is 5.75 Å². The fourth-order valence-corrected chi connectivity index (χ4v) is 3.20. The van der Waals surface area contributed by atoms with Crippen LogP contribution in [0.25, 0.3) is 21.8 Å². The molecule has 0 spiro atoms. The van der Waals surface area contributed by atoms with E-state index in [9.17, 15) is 4.79 Å². The van der Waals surface area contributed by atoms with Gasteiger partial charge in [-0.15, -0.1) is 0 Å². The molecule has 0 radical (unpaired) electrons. The minimum atomic E-state index is 0.0104. The Balaban J connectivity index is 1.44. The number of nitrogens with one attached hydrogen (secondary N) is 2. The summed E-state index contributed by atoms with van der Waals surface area (Å²) >= 11 is 0. The number of hydrogen-bond acceptors (Lipinski definition) is 2. The van der Waals surface area contributed by atoms with Crippen molar-refractivity contribution in [1.82, 2.24) is 10.3 Å². The highest BCUT2D eigenvalue weighted by Gasteiger charge is 2.07. The van der Waals surface area contributed by atoms with Crippen molar-refractivity contribution in [3.05, 3.63) is 77.9 Å². The number of benzene rings is 3. The fourth-order valence-electron chi connectivity index (χ4n) is 3.20. The number of amides is 1. The first-order chi connectivity index (χ1) is 12.7. The van der Waals surface area contributed by atoms with Gasteiger partial charge in [0.25, 0.3) is 0 Å². The van der Waals surface area contributed by atoms with Gasteiger partial charge in [0.15, 0.2) is 0 Å². The first kappa shape index (κ1) is 16.2. The van der Waals surface area contributed by atoms with Gasteiger partial charge in [0.05, 0.1) is 13.5 Å². The second kappa shape index (κ2) is 6.92. The van der Waals surface area contributed by atoms with Crippen molar-refractivity contribution in [2.75, 3.05) is 7.11 Å². The Morgan fingerprint density at radius 1 is 0.923 bits per heavy atom. The Kier molecular flexibility index (Phi) is 4.32. The molecular weight excluding hydrogens is 324 g/mol. The smallest absolute Gasteiger partial charge is 0.224 e. The van der Waals surface area contributed by atoms with Gasteiger partial charge in [-0.25, -0.2) is 0 Å². The highest BCUT2D eigenvalue weighted by Crippen LogP contribution is 2.25. The van der Waals surface area contributed by atoms with Crippen molar-refractivity contribution in [2.24, 2.45) is 0 Å². The van der Waals surface area contributed by atoms with E-state index < -0.39 is 0 Å². The number of para-hydroxylation sites is 1. The van der Waals surface area contributed by atoms with Crippen LogP contribution in [0.5, 0.6) is 5.75 Å². The molecule has 0 fully saturated rings. The van der Waals surface area contributed by atoms with Gasteiger partial charge >= 0.3 is 0 Å². The second-order valence-corrected chi connectivity index (χ2v) is 6.35. The quantitative estimate of drug-likeness (QED) is 0.570. The van der Waals surface area contributed by atoms with Crippen LogP contribution in [-0.2, 0) is 17.8 Å². The summed E-state index contributed by atoms with van der Waals surface area (Å²) in [4.78, 5) is 15.7. The molecule has 1 aromatic heterocycles. The van der Waals surface area contributed by atoms with Gasteiger partial charge < -0.3 is 15.0 Å². The fraction of sp³-hybridized carbons (Fsp3) is 0.136. The predicted molar refractivity (Wildman–Crippen MR) is 104 cm³/mol. The molecule has 0 saturated carbocycles. The minimum Gasteiger partial charge on any atom is -0.497 e. The monoisotopic (exact) mass is 344 g/mol. The van der Waals surface area contributed by atoms with Crippen LogP contribution in [0, 0.1) is 0 Å². The Bertz CT molecular complexity index is 1060. The summed E-state index contributed by atoms with van der Waals surface area (Å²) in [6.45, 7) is 0.511. The predicted octanol–water partition coefficient (Wildman–Crippen LogP) is 4.19. The standard InChI is InChI=1S/C22H20N2O2/c1-26-17-9-6-15(7-10-17)14-23-22(25)13-16-8-11-19-18-4-2-3-5-20(18)24-21(19)12-16/h2-12,24H,13-14H2,1H3,(H,23,25). The molecule has 4 heteroatoms. The molecule has 0 aliphatic carbocycles. The Hall–Kier alpha value is -3.27. The number of hydrogen-bond donors (Lipinski definition) is 2. The molecule has 0 saturated heterocycles. The largest absolute Gasteiger partial charge is 0.497 e. The summed E-state index contributed by atoms with van der Waals surface area (Å²) in [6.07, 6.45) is 0.363. The third-order valence-corrected chi connectivity index (χ3v) is 4.58. The van der Waals surface area contributed by atoms with Crippen LogP contribution in [-0.4, -0.2) is 18.0 Å². The lowest BCUT2D eigenvalue weighted by Crippen LogP contribution is -2.24. The molecule has 0 aliphatic rings. The van der Waals surface area contributed by atoms with Gasteiger partial charge in [-0.05, 0) is 35.4 Å². The lowest BCUT2D eigenvalue weighted by Gasteiger charge is -2.07. The number of methoxy groups -OCH3 is 1. The van der Waals surface area contributed by atoms with E-state index in [1.807, 2.05) is 42.5 Å². The summed E-state index contributed by atoms with van der Waals surface area (Å²) in [5.74, 6) is 0.822. The van der Waals surface area contributed by atoms with E-state index in [4.69, 9.17) is 4.74 Å². The number of carbonyl (C=O) groups is 1. The number of aromatic amines is 1. The van der Waals surface area contributed by atoms with Gasteiger partial charge in [0.2, 0.25) is 5.91 Å². The molecule has 4 rings (SSSR count). The van der Waals surface area contributed by atoms with Gasteiger partial charge in [-0.2, -0.15) is 0 Å². The normalized spacial score (nSPS) is 11.0. The van der Waals surface area contributed by atoms with E-state index in [-0.39, 0.29) is 5.91 Å². The maximum atomic E-state index is 12.3. The summed E-state index contributed by atoms with van der Waals surface area (Å²) in [5, 5.41) is 5.36. The molecule has 2 N–H and O–H groups in total. The molecule has 4 aromatic rings. The highest BCUT2D eigenvalue weighted by atomic mass is 16.5. The number of fused-ring (bicyclic) bond motifs is 3. The topological polar surface area (TPSA) is 54.1 Å². The SMILES string of the molecule is COc1ccc(CNC(=O)Cc2ccc3c(c2)[nH]c2ccccc23)cc1. The molecule has 3 aromatic carbocycles. The molecule has 26 heavy (non-hydrogen) atoms. The molecule has 4 nitrogen and oxygen atoms in total. The maximum absolute atomic E-state index is 12.3. The van der Waals surface area contributed by atoms with E-state index in [2.05, 4.69) is 34.6 Å². The molecule has 1 amide bonds. The van der Waals surface area contributed by atoms with Crippen molar-refractivity contribution in [3.63, 3.8) is 0 Å². The van der Waals surface area contributed by atoms with E-state index in [1.54, 1.807) is 7.11 Å². The Morgan fingerprint density at radius 2 is 1.65 bits per heavy atom. The van der Waals surface area contributed by atoms with Crippen molar-refractivity contribution in [3.8, 4) is 5.75 Å². The van der Waals surface area contributed by atoms with Crippen molar-refractivity contribution < 1.29 is 9.53 Å². The zero-order valence-electron chi connectivity index (χ0n) is 14.6. The summed E-state index contributed by atoms with van der Waals surface area (Å²) in [5.41, 5.74) is 4.22. The van der Waals surface area contributed by atoms with Crippen LogP contribution in [0.3, 0.4) is 0 Å². The molecule has 0 atom stereocenters. The van der Waals surface area contributed by atoms with E-state index in [0.29, 0.717) is 13.0 Å². The lowest BCUT2D eigenvalue weighted by atomic mass is 10.1. The van der Waals surface area contributed by atoms with Crippen molar-refractivity contribution in [2.45, 2.75) is 13.0 Å². The average molecular weight is 344 g/mol. The number of H-pyrrole nitrogens is 1. The zero-order chi connectivity index (χ0) is 17.9. The Morgan fingerprint density at radius 3 is 2.46 bits per heavy atom. The zero-order valence-corrected chi connectivity index (χ0v) is 14.6. The molecule has 0 bridgehead atoms. The Labute approximate surface area is 151 Å². The van der Waals surface area contributed by atoms with Crippen LogP contribution in [0.15, 0.2) is 66.7 Å². The number of aromatic nitrogens is 1. The molecule has 130 valence electrons. The van der Waals surface area contributed by atoms with E-state index in [0.717, 1.165) is 27.9 Å². The third kappa shape index (κ3) is 3.26. The van der Waals surface area contributed by atoms with Crippen molar-refractivity contribution >= 4 is 27.7 Å². The van der Waals surface area contributed by atoms with Gasteiger partial charge in [-0.1, -0.05) is 42.5 Å². The van der Waals surface area contributed by atoms with E-state index in [1.165, 1.54) is 10.8 Å². The molecule has 0 unspecified atom stereocenters. The highest BCUT2D eigenvalue weighted by molar-refractivity contribution is 6.07. The van der Waals surface area contributed by atoms with Crippen LogP contribution < -0.4 is 10.1 Å². The van der Waals surface area contributed by atoms with Crippen molar-refractivity contribution in [1.29, 1.82) is 0 Å². The summed E-state index contributed by atoms with van der Waals surface area (Å²) in [6, 6.07) is 22.1.